The van der Waals surface area contributed by atoms with Gasteiger partial charge in [-0.15, -0.1) is 0 Å². The number of imide groups is 1. The van der Waals surface area contributed by atoms with E-state index < -0.39 is 17.5 Å². The molecule has 0 radical (unpaired) electrons. The van der Waals surface area contributed by atoms with Crippen LogP contribution in [0.4, 0.5) is 4.79 Å². The number of rotatable bonds is 3. The van der Waals surface area contributed by atoms with Crippen molar-refractivity contribution in [2.75, 3.05) is 19.9 Å². The molecule has 5 rings (SSSR count). The normalized spacial score (nSPS) is 22.2. The summed E-state index contributed by atoms with van der Waals surface area (Å²) in [6.45, 7) is 2.52. The van der Waals surface area contributed by atoms with Gasteiger partial charge in [-0.05, 0) is 42.2 Å². The molecule has 2 aromatic carbocycles. The number of hydrogen-bond acceptors (Lipinski definition) is 5. The summed E-state index contributed by atoms with van der Waals surface area (Å²) in [4.78, 5) is 41.3. The van der Waals surface area contributed by atoms with Crippen LogP contribution < -0.4 is 14.8 Å². The van der Waals surface area contributed by atoms with Crippen molar-refractivity contribution in [2.45, 2.75) is 25.4 Å². The molecule has 8 nitrogen and oxygen atoms in total. The van der Waals surface area contributed by atoms with E-state index in [1.54, 1.807) is 30.0 Å². The molecule has 30 heavy (non-hydrogen) atoms. The Bertz CT molecular complexity index is 1070. The maximum Gasteiger partial charge on any atom is 0.325 e. The van der Waals surface area contributed by atoms with Crippen molar-refractivity contribution in [3.63, 3.8) is 0 Å². The number of nitrogens with zero attached hydrogens (tertiary/aromatic N) is 2. The number of carbonyl (C=O) groups is 3. The second-order valence-electron chi connectivity index (χ2n) is 7.85. The van der Waals surface area contributed by atoms with E-state index in [4.69, 9.17) is 9.47 Å². The first-order chi connectivity index (χ1) is 14.5. The fourth-order valence-corrected chi connectivity index (χ4v) is 4.19. The molecule has 4 amide bonds. The summed E-state index contributed by atoms with van der Waals surface area (Å²) in [7, 11) is 0. The Balaban J connectivity index is 1.33. The van der Waals surface area contributed by atoms with Gasteiger partial charge in [0.1, 0.15) is 12.1 Å². The Hall–Kier alpha value is -3.55. The summed E-state index contributed by atoms with van der Waals surface area (Å²) in [5.74, 6) is 0.411. The van der Waals surface area contributed by atoms with Crippen LogP contribution in [0.2, 0.25) is 0 Å². The highest BCUT2D eigenvalue weighted by molar-refractivity contribution is 6.09. The van der Waals surface area contributed by atoms with E-state index in [2.05, 4.69) is 11.4 Å². The van der Waals surface area contributed by atoms with E-state index in [9.17, 15) is 14.4 Å². The molecule has 0 spiro atoms. The SMILES string of the molecule is CC1(c2ccc3c(c2)OCO3)NC(=O)N(CC(=O)N2CCc3ccccc3C2)C1=O. The summed E-state index contributed by atoms with van der Waals surface area (Å²) in [6.07, 6.45) is 0.761. The molecule has 1 atom stereocenters. The van der Waals surface area contributed by atoms with E-state index in [1.807, 2.05) is 18.2 Å². The van der Waals surface area contributed by atoms with Gasteiger partial charge < -0.3 is 19.7 Å². The Labute approximate surface area is 173 Å². The van der Waals surface area contributed by atoms with Crippen LogP contribution in [-0.2, 0) is 28.1 Å². The van der Waals surface area contributed by atoms with Crippen molar-refractivity contribution in [3.05, 3.63) is 59.2 Å². The van der Waals surface area contributed by atoms with E-state index >= 15 is 0 Å². The zero-order valence-corrected chi connectivity index (χ0v) is 16.5. The van der Waals surface area contributed by atoms with Crippen molar-refractivity contribution in [1.82, 2.24) is 15.1 Å². The third-order valence-corrected chi connectivity index (χ3v) is 6.00. The Morgan fingerprint density at radius 2 is 1.87 bits per heavy atom. The van der Waals surface area contributed by atoms with E-state index in [-0.39, 0.29) is 19.2 Å². The van der Waals surface area contributed by atoms with Gasteiger partial charge in [0, 0.05) is 13.1 Å². The molecule has 1 saturated heterocycles. The Kier molecular flexibility index (Phi) is 4.16. The first-order valence-electron chi connectivity index (χ1n) is 9.84. The maximum absolute atomic E-state index is 13.2. The molecule has 1 fully saturated rings. The first kappa shape index (κ1) is 18.5. The molecule has 0 saturated carbocycles. The van der Waals surface area contributed by atoms with Crippen LogP contribution >= 0.6 is 0 Å². The third kappa shape index (κ3) is 2.87. The summed E-state index contributed by atoms with van der Waals surface area (Å²) in [5.41, 5.74) is 1.63. The smallest absolute Gasteiger partial charge is 0.325 e. The number of fused-ring (bicyclic) bond motifs is 2. The number of hydrogen-bond donors (Lipinski definition) is 1. The van der Waals surface area contributed by atoms with Crippen LogP contribution in [0.3, 0.4) is 0 Å². The fourth-order valence-electron chi connectivity index (χ4n) is 4.19. The van der Waals surface area contributed by atoms with Crippen molar-refractivity contribution >= 4 is 17.8 Å². The zero-order chi connectivity index (χ0) is 20.9. The molecular weight excluding hydrogens is 386 g/mol. The van der Waals surface area contributed by atoms with Gasteiger partial charge in [-0.25, -0.2) is 4.79 Å². The van der Waals surface area contributed by atoms with Crippen molar-refractivity contribution in [2.24, 2.45) is 0 Å². The number of amides is 4. The highest BCUT2D eigenvalue weighted by Crippen LogP contribution is 2.37. The molecule has 3 aliphatic rings. The van der Waals surface area contributed by atoms with E-state index in [1.165, 1.54) is 5.56 Å². The predicted octanol–water partition coefficient (Wildman–Crippen LogP) is 1.77. The molecule has 3 heterocycles. The largest absolute Gasteiger partial charge is 0.454 e. The molecule has 0 aromatic heterocycles. The van der Waals surface area contributed by atoms with Crippen molar-refractivity contribution < 1.29 is 23.9 Å². The van der Waals surface area contributed by atoms with Gasteiger partial charge in [0.15, 0.2) is 11.5 Å². The highest BCUT2D eigenvalue weighted by Gasteiger charge is 2.50. The van der Waals surface area contributed by atoms with Crippen LogP contribution in [0.15, 0.2) is 42.5 Å². The lowest BCUT2D eigenvalue weighted by Gasteiger charge is -2.30. The number of benzene rings is 2. The lowest BCUT2D eigenvalue weighted by Crippen LogP contribution is -2.45. The quantitative estimate of drug-likeness (QED) is 0.784. The number of nitrogens with one attached hydrogen (secondary N) is 1. The zero-order valence-electron chi connectivity index (χ0n) is 16.5. The van der Waals surface area contributed by atoms with Crippen LogP contribution in [0.1, 0.15) is 23.6 Å². The summed E-state index contributed by atoms with van der Waals surface area (Å²) in [6, 6.07) is 12.5. The molecule has 0 aliphatic carbocycles. The van der Waals surface area contributed by atoms with E-state index in [0.717, 1.165) is 16.9 Å². The topological polar surface area (TPSA) is 88.2 Å². The van der Waals surface area contributed by atoms with Gasteiger partial charge in [-0.1, -0.05) is 30.3 Å². The Morgan fingerprint density at radius 3 is 2.70 bits per heavy atom. The maximum atomic E-state index is 13.2. The minimum atomic E-state index is -1.27. The average molecular weight is 407 g/mol. The molecule has 0 bridgehead atoms. The number of urea groups is 1. The second kappa shape index (κ2) is 6.76. The molecular formula is C22H21N3O5. The van der Waals surface area contributed by atoms with Gasteiger partial charge in [-0.2, -0.15) is 0 Å². The molecule has 8 heteroatoms. The lowest BCUT2D eigenvalue weighted by molar-refractivity contribution is -0.139. The highest BCUT2D eigenvalue weighted by atomic mass is 16.7. The molecule has 1 N–H and O–H groups in total. The van der Waals surface area contributed by atoms with Gasteiger partial charge in [0.25, 0.3) is 5.91 Å². The second-order valence-corrected chi connectivity index (χ2v) is 7.85. The van der Waals surface area contributed by atoms with Gasteiger partial charge in [0.2, 0.25) is 12.7 Å². The average Bonchev–Trinajstić information content (AvgIpc) is 3.31. The minimum Gasteiger partial charge on any atom is -0.454 e. The molecule has 3 aliphatic heterocycles. The van der Waals surface area contributed by atoms with Gasteiger partial charge in [0.05, 0.1) is 0 Å². The number of carbonyl (C=O) groups excluding carboxylic acids is 3. The fraction of sp³-hybridized carbons (Fsp3) is 0.318. The first-order valence-corrected chi connectivity index (χ1v) is 9.84. The standard InChI is InChI=1S/C22H21N3O5/c1-22(16-6-7-17-18(10-16)30-13-29-17)20(27)25(21(28)23-22)12-19(26)24-9-8-14-4-2-3-5-15(14)11-24/h2-7,10H,8-9,11-13H2,1H3,(H,23,28). The van der Waals surface area contributed by atoms with Gasteiger partial charge >= 0.3 is 6.03 Å². The number of ether oxygens (including phenoxy) is 2. The van der Waals surface area contributed by atoms with Crippen molar-refractivity contribution in [3.8, 4) is 11.5 Å². The summed E-state index contributed by atoms with van der Waals surface area (Å²) >= 11 is 0. The van der Waals surface area contributed by atoms with Crippen LogP contribution in [0.5, 0.6) is 11.5 Å². The van der Waals surface area contributed by atoms with Gasteiger partial charge in [-0.3, -0.25) is 14.5 Å². The molecule has 1 unspecified atom stereocenters. The Morgan fingerprint density at radius 1 is 1.10 bits per heavy atom. The van der Waals surface area contributed by atoms with Crippen LogP contribution in [0, 0.1) is 0 Å². The van der Waals surface area contributed by atoms with Crippen LogP contribution in [0.25, 0.3) is 0 Å². The van der Waals surface area contributed by atoms with Crippen LogP contribution in [-0.4, -0.2) is 47.5 Å². The summed E-state index contributed by atoms with van der Waals surface area (Å²) in [5, 5.41) is 2.73. The third-order valence-electron chi connectivity index (χ3n) is 6.00. The molecule has 2 aromatic rings. The summed E-state index contributed by atoms with van der Waals surface area (Å²) < 4.78 is 10.7. The minimum absolute atomic E-state index is 0.120. The monoisotopic (exact) mass is 407 g/mol. The predicted molar refractivity (Wildman–Crippen MR) is 106 cm³/mol. The lowest BCUT2D eigenvalue weighted by atomic mass is 9.91. The van der Waals surface area contributed by atoms with Crippen molar-refractivity contribution in [1.29, 1.82) is 0 Å². The molecule has 154 valence electrons. The van der Waals surface area contributed by atoms with E-state index in [0.29, 0.717) is 30.2 Å².